The van der Waals surface area contributed by atoms with E-state index >= 15 is 0 Å². The minimum Gasteiger partial charge on any atom is -0.383 e. The first-order valence-corrected chi connectivity index (χ1v) is 6.34. The number of halogens is 1. The van der Waals surface area contributed by atoms with Gasteiger partial charge in [0.1, 0.15) is 11.9 Å². The molecule has 2 N–H and O–H groups in total. The number of pyridine rings is 1. The maximum atomic E-state index is 13.2. The van der Waals surface area contributed by atoms with E-state index in [-0.39, 0.29) is 11.5 Å². The van der Waals surface area contributed by atoms with Crippen molar-refractivity contribution in [3.8, 4) is 6.07 Å². The average Bonchev–Trinajstić information content (AvgIpc) is 2.50. The summed E-state index contributed by atoms with van der Waals surface area (Å²) < 4.78 is 13.2. The van der Waals surface area contributed by atoms with E-state index < -0.39 is 5.82 Å². The number of rotatable bonds is 4. The summed E-state index contributed by atoms with van der Waals surface area (Å²) in [4.78, 5) is 16.2. The molecule has 1 amide bonds. The van der Waals surface area contributed by atoms with Gasteiger partial charge < -0.3 is 10.6 Å². The van der Waals surface area contributed by atoms with Crippen LogP contribution >= 0.6 is 0 Å². The molecule has 106 valence electrons. The summed E-state index contributed by atoms with van der Waals surface area (Å²) in [6.45, 7) is 2.56. The Hall–Kier alpha value is -2.94. The van der Waals surface area contributed by atoms with Crippen LogP contribution in [0.3, 0.4) is 0 Å². The molecule has 0 aliphatic carbocycles. The van der Waals surface area contributed by atoms with Crippen LogP contribution < -0.4 is 10.6 Å². The molecule has 0 aliphatic rings. The first-order valence-electron chi connectivity index (χ1n) is 6.34. The van der Waals surface area contributed by atoms with Gasteiger partial charge in [-0.3, -0.25) is 9.78 Å². The fourth-order valence-electron chi connectivity index (χ4n) is 1.81. The number of carbonyl (C=O) groups excluding carboxylic acids is 1. The third kappa shape index (κ3) is 3.34. The lowest BCUT2D eigenvalue weighted by molar-refractivity contribution is 0.102. The minimum atomic E-state index is -0.618. The molecular weight excluding hydrogens is 271 g/mol. The molecule has 0 fully saturated rings. The third-order valence-corrected chi connectivity index (χ3v) is 2.78. The fraction of sp³-hybridized carbons (Fsp3) is 0.133. The summed E-state index contributed by atoms with van der Waals surface area (Å²) in [7, 11) is 0. The summed E-state index contributed by atoms with van der Waals surface area (Å²) in [5.74, 6) is -0.975. The predicted molar refractivity (Wildman–Crippen MR) is 77.5 cm³/mol. The van der Waals surface area contributed by atoms with Gasteiger partial charge in [0.25, 0.3) is 5.91 Å². The smallest absolute Gasteiger partial charge is 0.257 e. The van der Waals surface area contributed by atoms with Gasteiger partial charge in [-0.05, 0) is 31.2 Å². The Labute approximate surface area is 121 Å². The van der Waals surface area contributed by atoms with Crippen molar-refractivity contribution in [1.29, 1.82) is 5.26 Å². The lowest BCUT2D eigenvalue weighted by atomic mass is 10.1. The highest BCUT2D eigenvalue weighted by atomic mass is 19.1. The molecule has 5 nitrogen and oxygen atoms in total. The molecule has 6 heteroatoms. The van der Waals surface area contributed by atoms with Crippen molar-refractivity contribution in [1.82, 2.24) is 4.98 Å². The SMILES string of the molecule is CCNc1cnccc1C(=O)Nc1ccc(F)c(C#N)c1. The number of hydrogen-bond acceptors (Lipinski definition) is 4. The second-order valence-electron chi connectivity index (χ2n) is 4.21. The number of anilines is 2. The van der Waals surface area contributed by atoms with Crippen LogP contribution in [0.2, 0.25) is 0 Å². The number of hydrogen-bond donors (Lipinski definition) is 2. The molecule has 0 radical (unpaired) electrons. The second-order valence-corrected chi connectivity index (χ2v) is 4.21. The number of benzene rings is 1. The molecule has 1 heterocycles. The molecule has 1 aromatic carbocycles. The number of aromatic nitrogens is 1. The largest absolute Gasteiger partial charge is 0.383 e. The predicted octanol–water partition coefficient (Wildman–Crippen LogP) is 2.78. The third-order valence-electron chi connectivity index (χ3n) is 2.78. The van der Waals surface area contributed by atoms with E-state index in [0.717, 1.165) is 6.07 Å². The highest BCUT2D eigenvalue weighted by Gasteiger charge is 2.12. The first-order chi connectivity index (χ1) is 10.2. The normalized spacial score (nSPS) is 9.76. The van der Waals surface area contributed by atoms with Crippen LogP contribution in [0.4, 0.5) is 15.8 Å². The van der Waals surface area contributed by atoms with Crippen molar-refractivity contribution < 1.29 is 9.18 Å². The zero-order chi connectivity index (χ0) is 15.2. The lowest BCUT2D eigenvalue weighted by Gasteiger charge is -2.10. The number of nitriles is 1. The molecule has 0 atom stereocenters. The molecule has 21 heavy (non-hydrogen) atoms. The quantitative estimate of drug-likeness (QED) is 0.905. The Morgan fingerprint density at radius 3 is 2.95 bits per heavy atom. The lowest BCUT2D eigenvalue weighted by Crippen LogP contribution is -2.15. The summed E-state index contributed by atoms with van der Waals surface area (Å²) in [6, 6.07) is 7.16. The molecule has 0 aliphatic heterocycles. The van der Waals surface area contributed by atoms with Gasteiger partial charge in [0.05, 0.1) is 23.0 Å². The van der Waals surface area contributed by atoms with Crippen molar-refractivity contribution in [2.45, 2.75) is 6.92 Å². The molecule has 2 aromatic rings. The Bertz CT molecular complexity index is 709. The summed E-state index contributed by atoms with van der Waals surface area (Å²) in [5, 5.41) is 14.5. The van der Waals surface area contributed by atoms with Crippen LogP contribution in [-0.4, -0.2) is 17.4 Å². The van der Waals surface area contributed by atoms with E-state index in [2.05, 4.69) is 15.6 Å². The number of nitrogens with one attached hydrogen (secondary N) is 2. The molecule has 1 aromatic heterocycles. The van der Waals surface area contributed by atoms with Crippen LogP contribution in [-0.2, 0) is 0 Å². The molecule has 0 saturated heterocycles. The van der Waals surface area contributed by atoms with Gasteiger partial charge in [0, 0.05) is 18.4 Å². The number of carbonyl (C=O) groups is 1. The van der Waals surface area contributed by atoms with E-state index in [1.165, 1.54) is 18.3 Å². The summed E-state index contributed by atoms with van der Waals surface area (Å²) >= 11 is 0. The number of nitrogens with zero attached hydrogens (tertiary/aromatic N) is 2. The zero-order valence-corrected chi connectivity index (χ0v) is 11.4. The Morgan fingerprint density at radius 1 is 1.43 bits per heavy atom. The number of amides is 1. The van der Waals surface area contributed by atoms with Gasteiger partial charge in [-0.2, -0.15) is 5.26 Å². The summed E-state index contributed by atoms with van der Waals surface area (Å²) in [5.41, 5.74) is 1.28. The van der Waals surface area contributed by atoms with Gasteiger partial charge in [0.15, 0.2) is 0 Å². The minimum absolute atomic E-state index is 0.116. The van der Waals surface area contributed by atoms with Crippen molar-refractivity contribution in [3.05, 3.63) is 53.6 Å². The first kappa shape index (κ1) is 14.5. The van der Waals surface area contributed by atoms with Gasteiger partial charge in [-0.1, -0.05) is 0 Å². The molecule has 0 saturated carbocycles. The maximum Gasteiger partial charge on any atom is 0.257 e. The zero-order valence-electron chi connectivity index (χ0n) is 11.4. The van der Waals surface area contributed by atoms with Crippen LogP contribution in [0.5, 0.6) is 0 Å². The van der Waals surface area contributed by atoms with Gasteiger partial charge >= 0.3 is 0 Å². The molecule has 0 unspecified atom stereocenters. The van der Waals surface area contributed by atoms with Crippen LogP contribution in [0.25, 0.3) is 0 Å². The highest BCUT2D eigenvalue weighted by Crippen LogP contribution is 2.18. The molecule has 2 rings (SSSR count). The van der Waals surface area contributed by atoms with Gasteiger partial charge in [0.2, 0.25) is 0 Å². The van der Waals surface area contributed by atoms with E-state index in [4.69, 9.17) is 5.26 Å². The van der Waals surface area contributed by atoms with Crippen LogP contribution in [0.1, 0.15) is 22.8 Å². The topological polar surface area (TPSA) is 77.8 Å². The van der Waals surface area contributed by atoms with E-state index in [1.54, 1.807) is 18.3 Å². The fourth-order valence-corrected chi connectivity index (χ4v) is 1.81. The highest BCUT2D eigenvalue weighted by molar-refractivity contribution is 6.07. The Kier molecular flexibility index (Phi) is 4.46. The molecule has 0 bridgehead atoms. The average molecular weight is 284 g/mol. The van der Waals surface area contributed by atoms with Crippen molar-refractivity contribution in [3.63, 3.8) is 0 Å². The van der Waals surface area contributed by atoms with Crippen LogP contribution in [0, 0.1) is 17.1 Å². The second kappa shape index (κ2) is 6.48. The van der Waals surface area contributed by atoms with Gasteiger partial charge in [-0.25, -0.2) is 4.39 Å². The molecular formula is C15H13FN4O. The Morgan fingerprint density at radius 2 is 2.24 bits per heavy atom. The van der Waals surface area contributed by atoms with Gasteiger partial charge in [-0.15, -0.1) is 0 Å². The Balaban J connectivity index is 2.24. The van der Waals surface area contributed by atoms with E-state index in [0.29, 0.717) is 23.5 Å². The monoisotopic (exact) mass is 284 g/mol. The van der Waals surface area contributed by atoms with Crippen molar-refractivity contribution in [2.24, 2.45) is 0 Å². The molecule has 0 spiro atoms. The summed E-state index contributed by atoms with van der Waals surface area (Å²) in [6.07, 6.45) is 3.07. The van der Waals surface area contributed by atoms with Crippen molar-refractivity contribution >= 4 is 17.3 Å². The van der Waals surface area contributed by atoms with Crippen LogP contribution in [0.15, 0.2) is 36.7 Å². The van der Waals surface area contributed by atoms with E-state index in [9.17, 15) is 9.18 Å². The maximum absolute atomic E-state index is 13.2. The van der Waals surface area contributed by atoms with Crippen molar-refractivity contribution in [2.75, 3.05) is 17.2 Å². The standard InChI is InChI=1S/C15H13FN4O/c1-2-19-14-9-18-6-5-12(14)15(21)20-11-3-4-13(16)10(7-11)8-17/h3-7,9,19H,2H2,1H3,(H,20,21). The van der Waals surface area contributed by atoms with E-state index in [1.807, 2.05) is 6.92 Å².